The minimum atomic E-state index is -1.73. The number of aryl methyl sites for hydroxylation is 1. The van der Waals surface area contributed by atoms with Gasteiger partial charge in [0.2, 0.25) is 5.91 Å². The summed E-state index contributed by atoms with van der Waals surface area (Å²) in [5, 5.41) is 2.66. The Hall–Kier alpha value is -4.00. The van der Waals surface area contributed by atoms with Crippen LogP contribution in [0.5, 0.6) is 0 Å². The zero-order valence-corrected chi connectivity index (χ0v) is 24.7. The Balaban J connectivity index is 2.65. The van der Waals surface area contributed by atoms with E-state index in [9.17, 15) is 28.8 Å². The van der Waals surface area contributed by atoms with Crippen LogP contribution in [0.15, 0.2) is 30.3 Å². The largest absolute Gasteiger partial charge is 0.467 e. The van der Waals surface area contributed by atoms with Crippen LogP contribution >= 0.6 is 0 Å². The van der Waals surface area contributed by atoms with Gasteiger partial charge in [-0.05, 0) is 24.8 Å². The quantitative estimate of drug-likeness (QED) is 0.259. The first-order valence-electron chi connectivity index (χ1n) is 13.5. The zero-order valence-electron chi connectivity index (χ0n) is 24.7. The molecule has 0 aromatic heterocycles. The van der Waals surface area contributed by atoms with E-state index in [1.54, 1.807) is 0 Å². The van der Waals surface area contributed by atoms with Crippen molar-refractivity contribution in [1.29, 1.82) is 0 Å². The summed E-state index contributed by atoms with van der Waals surface area (Å²) >= 11 is 0. The highest BCUT2D eigenvalue weighted by Gasteiger charge is 2.57. The Kier molecular flexibility index (Phi) is 12.9. The fourth-order valence-corrected chi connectivity index (χ4v) is 5.01. The summed E-state index contributed by atoms with van der Waals surface area (Å²) in [6.07, 6.45) is -4.67. The number of amides is 1. The third-order valence-corrected chi connectivity index (χ3v) is 6.54. The van der Waals surface area contributed by atoms with Crippen molar-refractivity contribution in [1.82, 2.24) is 5.32 Å². The van der Waals surface area contributed by atoms with Crippen molar-refractivity contribution in [2.75, 3.05) is 13.7 Å². The average molecular weight is 594 g/mol. The summed E-state index contributed by atoms with van der Waals surface area (Å²) in [4.78, 5) is 73.9. The molecule has 2 rings (SSSR count). The summed E-state index contributed by atoms with van der Waals surface area (Å²) in [7, 11) is 1.17. The van der Waals surface area contributed by atoms with Gasteiger partial charge < -0.3 is 33.7 Å². The average Bonchev–Trinajstić information content (AvgIpc) is 2.90. The van der Waals surface area contributed by atoms with Gasteiger partial charge in [-0.1, -0.05) is 30.3 Å². The molecule has 1 aromatic rings. The van der Waals surface area contributed by atoms with Crippen molar-refractivity contribution in [2.45, 2.75) is 96.4 Å². The maximum Gasteiger partial charge on any atom is 0.338 e. The van der Waals surface area contributed by atoms with Crippen LogP contribution in [0.2, 0.25) is 0 Å². The van der Waals surface area contributed by atoms with E-state index < -0.39 is 78.4 Å². The first-order valence-corrected chi connectivity index (χ1v) is 13.5. The Morgan fingerprint density at radius 1 is 0.929 bits per heavy atom. The van der Waals surface area contributed by atoms with Crippen molar-refractivity contribution in [3.63, 3.8) is 0 Å². The number of hydrogen-bond donors (Lipinski definition) is 1. The van der Waals surface area contributed by atoms with Crippen LogP contribution in [0.1, 0.15) is 59.4 Å². The van der Waals surface area contributed by atoms with E-state index in [2.05, 4.69) is 5.32 Å². The zero-order chi connectivity index (χ0) is 31.4. The molecule has 13 nitrogen and oxygen atoms in total. The van der Waals surface area contributed by atoms with Gasteiger partial charge in [-0.25, -0.2) is 4.79 Å². The lowest BCUT2D eigenvalue weighted by molar-refractivity contribution is -0.243. The Morgan fingerprint density at radius 2 is 1.57 bits per heavy atom. The van der Waals surface area contributed by atoms with E-state index >= 15 is 0 Å². The fraction of sp³-hybridized carbons (Fsp3) is 0.586. The summed E-state index contributed by atoms with van der Waals surface area (Å²) in [6, 6.07) is 8.33. The Morgan fingerprint density at radius 3 is 2.10 bits per heavy atom. The van der Waals surface area contributed by atoms with Gasteiger partial charge in [0.25, 0.3) is 0 Å². The predicted molar refractivity (Wildman–Crippen MR) is 145 cm³/mol. The molecular formula is C29H39NO12. The molecule has 0 saturated carbocycles. The lowest BCUT2D eigenvalue weighted by Crippen LogP contribution is -2.68. The number of methoxy groups -OCH3 is 1. The molecule has 0 bridgehead atoms. The molecule has 1 fully saturated rings. The van der Waals surface area contributed by atoms with Gasteiger partial charge in [0.15, 0.2) is 17.8 Å². The summed E-state index contributed by atoms with van der Waals surface area (Å²) in [6.45, 7) is 5.16. The molecule has 232 valence electrons. The van der Waals surface area contributed by atoms with E-state index in [4.69, 9.17) is 28.4 Å². The smallest absolute Gasteiger partial charge is 0.338 e. The third kappa shape index (κ3) is 10.1. The van der Waals surface area contributed by atoms with Crippen molar-refractivity contribution < 1.29 is 57.2 Å². The standard InChI is InChI=1S/C29H39NO12/c1-17(31)30-25-23(39-19(3)33)15-29(28(36)37-6,14-10-13-22-11-8-7-9-12-22)42-27(25)26(41-21(5)35)24(40-20(4)34)16-38-18(2)32/h7-9,11-12,23-27H,10,13-16H2,1-6H3,(H,30,31)/t23-,24+,25+,26+,27+,29+/m0/s1. The number of esters is 5. The highest BCUT2D eigenvalue weighted by molar-refractivity contribution is 5.80. The van der Waals surface area contributed by atoms with E-state index in [1.807, 2.05) is 30.3 Å². The van der Waals surface area contributed by atoms with Gasteiger partial charge in [0.05, 0.1) is 13.2 Å². The normalized spacial score (nSPS) is 23.0. The van der Waals surface area contributed by atoms with Gasteiger partial charge in [0.1, 0.15) is 18.8 Å². The molecule has 13 heteroatoms. The molecule has 6 atom stereocenters. The molecule has 0 aliphatic carbocycles. The van der Waals surface area contributed by atoms with Gasteiger partial charge in [0, 0.05) is 41.0 Å². The summed E-state index contributed by atoms with van der Waals surface area (Å²) in [5.41, 5.74) is -0.726. The number of nitrogens with one attached hydrogen (secondary N) is 1. The molecule has 1 N–H and O–H groups in total. The second-order valence-corrected chi connectivity index (χ2v) is 10.0. The van der Waals surface area contributed by atoms with Crippen LogP contribution in [0.25, 0.3) is 0 Å². The highest BCUT2D eigenvalue weighted by atomic mass is 16.6. The molecule has 1 heterocycles. The minimum Gasteiger partial charge on any atom is -0.467 e. The summed E-state index contributed by atoms with van der Waals surface area (Å²) in [5.74, 6) is -4.38. The maximum atomic E-state index is 13.4. The van der Waals surface area contributed by atoms with Crippen LogP contribution in [0.4, 0.5) is 0 Å². The molecule has 0 spiro atoms. The van der Waals surface area contributed by atoms with Crippen LogP contribution in [-0.4, -0.2) is 85.5 Å². The van der Waals surface area contributed by atoms with Crippen LogP contribution in [0.3, 0.4) is 0 Å². The van der Waals surface area contributed by atoms with Crippen LogP contribution in [-0.2, 0) is 63.6 Å². The van der Waals surface area contributed by atoms with Crippen LogP contribution < -0.4 is 5.32 Å². The SMILES string of the molecule is COC(=O)[C@@]1(CCCc2ccccc2)C[C@H](OC(C)=O)[C@@H](NC(C)=O)[C@H]([C@H](OC(C)=O)[C@@H](COC(C)=O)OC(C)=O)O1. The number of carbonyl (C=O) groups is 6. The molecule has 1 amide bonds. The van der Waals surface area contributed by atoms with Gasteiger partial charge in [-0.2, -0.15) is 0 Å². The number of benzene rings is 1. The minimum absolute atomic E-state index is 0.0879. The molecule has 0 radical (unpaired) electrons. The second kappa shape index (κ2) is 15.9. The van der Waals surface area contributed by atoms with Crippen molar-refractivity contribution >= 4 is 35.8 Å². The summed E-state index contributed by atoms with van der Waals surface area (Å²) < 4.78 is 33.1. The first-order chi connectivity index (χ1) is 19.8. The lowest BCUT2D eigenvalue weighted by atomic mass is 9.80. The second-order valence-electron chi connectivity index (χ2n) is 10.0. The number of rotatable bonds is 13. The molecule has 1 aromatic carbocycles. The predicted octanol–water partition coefficient (Wildman–Crippen LogP) is 1.57. The molecular weight excluding hydrogens is 554 g/mol. The molecule has 42 heavy (non-hydrogen) atoms. The number of hydrogen-bond acceptors (Lipinski definition) is 12. The topological polar surface area (TPSA) is 170 Å². The van der Waals surface area contributed by atoms with Crippen LogP contribution in [0, 0.1) is 0 Å². The monoisotopic (exact) mass is 593 g/mol. The van der Waals surface area contributed by atoms with Crippen molar-refractivity contribution in [3.05, 3.63) is 35.9 Å². The van der Waals surface area contributed by atoms with Gasteiger partial charge in [-0.3, -0.25) is 24.0 Å². The number of ether oxygens (including phenoxy) is 6. The van der Waals surface area contributed by atoms with Gasteiger partial charge >= 0.3 is 29.8 Å². The lowest BCUT2D eigenvalue weighted by Gasteiger charge is -2.49. The van der Waals surface area contributed by atoms with Crippen molar-refractivity contribution in [2.24, 2.45) is 0 Å². The highest BCUT2D eigenvalue weighted by Crippen LogP contribution is 2.39. The third-order valence-electron chi connectivity index (χ3n) is 6.54. The Labute approximate surface area is 244 Å². The van der Waals surface area contributed by atoms with E-state index in [1.165, 1.54) is 14.0 Å². The first kappa shape index (κ1) is 34.2. The van der Waals surface area contributed by atoms with E-state index in [0.717, 1.165) is 33.3 Å². The van der Waals surface area contributed by atoms with Gasteiger partial charge in [-0.15, -0.1) is 0 Å². The van der Waals surface area contributed by atoms with Crippen molar-refractivity contribution in [3.8, 4) is 0 Å². The van der Waals surface area contributed by atoms with E-state index in [-0.39, 0.29) is 12.8 Å². The number of carbonyl (C=O) groups excluding carboxylic acids is 6. The molecule has 1 aliphatic heterocycles. The molecule has 1 aliphatic rings. The molecule has 0 unspecified atom stereocenters. The molecule has 1 saturated heterocycles. The van der Waals surface area contributed by atoms with E-state index in [0.29, 0.717) is 12.8 Å². The maximum absolute atomic E-state index is 13.4. The fourth-order valence-electron chi connectivity index (χ4n) is 5.01. The Bertz CT molecular complexity index is 1120.